The second-order valence-electron chi connectivity index (χ2n) is 11.1. The summed E-state index contributed by atoms with van der Waals surface area (Å²) in [6.45, 7) is 14.1. The zero-order chi connectivity index (χ0) is 26.5. The highest BCUT2D eigenvalue weighted by Crippen LogP contribution is 2.53. The fraction of sp³-hybridized carbons (Fsp3) is 0.542. The van der Waals surface area contributed by atoms with Gasteiger partial charge < -0.3 is 25.6 Å². The van der Waals surface area contributed by atoms with Gasteiger partial charge in [0.05, 0.1) is 29.2 Å². The highest BCUT2D eigenvalue weighted by atomic mass is 35.5. The Balaban J connectivity index is 2.19. The number of hydrogen-bond acceptors (Lipinski definition) is 6. The molecule has 1 aromatic carbocycles. The molecule has 0 aliphatic carbocycles. The fourth-order valence-corrected chi connectivity index (χ4v) is 6.42. The number of aliphatic hydroxyl groups excluding tert-OH is 1. The zero-order valence-electron chi connectivity index (χ0n) is 21.2. The molecule has 11 heteroatoms. The molecule has 2 aliphatic heterocycles. The smallest absolute Gasteiger partial charge is 0.348 e. The van der Waals surface area contributed by atoms with Crippen LogP contribution >= 0.6 is 19.1 Å². The van der Waals surface area contributed by atoms with Crippen LogP contribution in [0.3, 0.4) is 0 Å². The monoisotopic (exact) mass is 524 g/mol. The summed E-state index contributed by atoms with van der Waals surface area (Å²) in [5.74, 6) is -1.56. The number of amidine groups is 1. The van der Waals surface area contributed by atoms with Crippen LogP contribution in [0, 0.1) is 10.8 Å². The van der Waals surface area contributed by atoms with Crippen molar-refractivity contribution in [3.63, 3.8) is 0 Å². The molecule has 192 valence electrons. The van der Waals surface area contributed by atoms with Crippen molar-refractivity contribution in [1.29, 1.82) is 0 Å². The lowest BCUT2D eigenvalue weighted by Gasteiger charge is -2.36. The van der Waals surface area contributed by atoms with Crippen LogP contribution in [0.4, 0.5) is 5.69 Å². The molecule has 0 saturated heterocycles. The normalized spacial score (nSPS) is 22.7. The minimum Gasteiger partial charge on any atom is -0.509 e. The van der Waals surface area contributed by atoms with E-state index in [1.54, 1.807) is 11.8 Å². The maximum Gasteiger partial charge on any atom is 0.348 e. The first-order chi connectivity index (χ1) is 16.0. The number of carbonyl (C=O) groups is 2. The Morgan fingerprint density at radius 3 is 2.43 bits per heavy atom. The molecule has 0 radical (unpaired) electrons. The van der Waals surface area contributed by atoms with Crippen molar-refractivity contribution in [3.8, 4) is 0 Å². The van der Waals surface area contributed by atoms with Crippen molar-refractivity contribution in [2.24, 2.45) is 21.3 Å². The lowest BCUT2D eigenvalue weighted by Crippen LogP contribution is -2.45. The summed E-state index contributed by atoms with van der Waals surface area (Å²) in [4.78, 5) is 27.5. The van der Waals surface area contributed by atoms with Crippen LogP contribution in [-0.2, 0) is 13.9 Å². The molecule has 2 unspecified atom stereocenters. The van der Waals surface area contributed by atoms with Gasteiger partial charge in [0.15, 0.2) is 5.84 Å². The van der Waals surface area contributed by atoms with Gasteiger partial charge in [-0.15, -0.1) is 0 Å². The Labute approximate surface area is 211 Å². The standard InChI is InChI=1S/C24H34ClN4O5P/c1-8-34-35(33)15-12-13(25)11-14(20(26)31)17(15)27-21(28-35)16-18(30)19(24(5,6)7)29(22(16)32)10-9-23(2,3)4/h11-12,19,30H,8-10H2,1-7H3,(H2,26,31)(H,27,28,33). The van der Waals surface area contributed by atoms with Gasteiger partial charge in [-0.25, -0.2) is 0 Å². The summed E-state index contributed by atoms with van der Waals surface area (Å²) < 4.78 is 23.7. The van der Waals surface area contributed by atoms with E-state index in [0.717, 1.165) is 0 Å². The van der Waals surface area contributed by atoms with Crippen molar-refractivity contribution >= 4 is 47.8 Å². The molecule has 4 N–H and O–H groups in total. The van der Waals surface area contributed by atoms with Crippen molar-refractivity contribution in [2.45, 2.75) is 60.9 Å². The molecule has 2 atom stereocenters. The molecule has 3 rings (SSSR count). The second-order valence-corrected chi connectivity index (χ2v) is 13.5. The largest absolute Gasteiger partial charge is 0.509 e. The third kappa shape index (κ3) is 5.27. The Kier molecular flexibility index (Phi) is 7.21. The lowest BCUT2D eigenvalue weighted by atomic mass is 9.84. The van der Waals surface area contributed by atoms with Crippen LogP contribution in [0.5, 0.6) is 0 Å². The number of fused-ring (bicyclic) bond motifs is 1. The average Bonchev–Trinajstić information content (AvgIpc) is 2.95. The van der Waals surface area contributed by atoms with Crippen molar-refractivity contribution in [2.75, 3.05) is 18.5 Å². The summed E-state index contributed by atoms with van der Waals surface area (Å²) in [7, 11) is -3.96. The number of nitrogens with zero attached hydrogens (tertiary/aromatic N) is 2. The molecule has 35 heavy (non-hydrogen) atoms. The first-order valence-electron chi connectivity index (χ1n) is 11.5. The number of benzene rings is 1. The molecule has 1 aromatic rings. The first-order valence-corrected chi connectivity index (χ1v) is 13.5. The summed E-state index contributed by atoms with van der Waals surface area (Å²) in [6, 6.07) is 2.11. The Hall–Kier alpha value is -2.35. The zero-order valence-corrected chi connectivity index (χ0v) is 22.9. The highest BCUT2D eigenvalue weighted by molar-refractivity contribution is 7.66. The van der Waals surface area contributed by atoms with Crippen LogP contribution in [-0.4, -0.2) is 46.8 Å². The summed E-state index contributed by atoms with van der Waals surface area (Å²) >= 11 is 6.15. The molecule has 0 bridgehead atoms. The molecule has 0 saturated carbocycles. The van der Waals surface area contributed by atoms with E-state index >= 15 is 0 Å². The molecule has 2 heterocycles. The van der Waals surface area contributed by atoms with Crippen LogP contribution in [0.25, 0.3) is 0 Å². The molecule has 0 aromatic heterocycles. The Bertz CT molecular complexity index is 1180. The van der Waals surface area contributed by atoms with E-state index in [4.69, 9.17) is 21.9 Å². The number of primary amides is 1. The van der Waals surface area contributed by atoms with E-state index in [2.05, 4.69) is 30.9 Å². The van der Waals surface area contributed by atoms with Gasteiger partial charge in [0, 0.05) is 11.6 Å². The number of rotatable bonds is 6. The SMILES string of the molecule is CCOP1(=O)N=C(C2=C(O)C(C(C)(C)C)N(CCC(C)(C)C)C2=O)Nc2c(C(N)=O)cc(Cl)cc21. The minimum atomic E-state index is -3.96. The summed E-state index contributed by atoms with van der Waals surface area (Å²) in [6.07, 6.45) is 0.705. The number of anilines is 1. The fourth-order valence-electron chi connectivity index (χ4n) is 4.30. The van der Waals surface area contributed by atoms with Gasteiger partial charge >= 0.3 is 7.52 Å². The number of nitrogens with two attached hydrogens (primary N) is 1. The van der Waals surface area contributed by atoms with Gasteiger partial charge in [-0.3, -0.25) is 14.2 Å². The molecule has 2 amide bonds. The van der Waals surface area contributed by atoms with E-state index in [1.165, 1.54) is 12.1 Å². The number of carbonyl (C=O) groups excluding carboxylic acids is 2. The quantitative estimate of drug-likeness (QED) is 0.465. The van der Waals surface area contributed by atoms with E-state index in [1.807, 2.05) is 20.8 Å². The third-order valence-corrected chi connectivity index (χ3v) is 8.14. The van der Waals surface area contributed by atoms with Crippen LogP contribution in [0.1, 0.15) is 65.2 Å². The summed E-state index contributed by atoms with van der Waals surface area (Å²) in [5.41, 5.74) is 4.99. The van der Waals surface area contributed by atoms with Crippen LogP contribution < -0.4 is 16.4 Å². The Morgan fingerprint density at radius 2 is 1.91 bits per heavy atom. The predicted molar refractivity (Wildman–Crippen MR) is 139 cm³/mol. The minimum absolute atomic E-state index is 0.0256. The van der Waals surface area contributed by atoms with Gasteiger partial charge in [-0.2, -0.15) is 4.76 Å². The summed E-state index contributed by atoms with van der Waals surface area (Å²) in [5, 5.41) is 14.5. The molecular formula is C24H34ClN4O5P. The van der Waals surface area contributed by atoms with Gasteiger partial charge in [0.25, 0.3) is 11.8 Å². The van der Waals surface area contributed by atoms with Gasteiger partial charge in [0.2, 0.25) is 0 Å². The van der Waals surface area contributed by atoms with Crippen molar-refractivity contribution in [3.05, 3.63) is 34.1 Å². The molecule has 2 aliphatic rings. The molecule has 0 spiro atoms. The van der Waals surface area contributed by atoms with Gasteiger partial charge in [-0.05, 0) is 36.3 Å². The number of amides is 2. The van der Waals surface area contributed by atoms with Crippen molar-refractivity contribution in [1.82, 2.24) is 4.90 Å². The topological polar surface area (TPSA) is 134 Å². The van der Waals surface area contributed by atoms with E-state index in [9.17, 15) is 19.3 Å². The number of nitrogens with one attached hydrogen (secondary N) is 1. The number of halogens is 1. The number of aliphatic hydroxyl groups is 1. The molecular weight excluding hydrogens is 491 g/mol. The second kappa shape index (κ2) is 9.26. The van der Waals surface area contributed by atoms with E-state index < -0.39 is 30.8 Å². The van der Waals surface area contributed by atoms with Crippen molar-refractivity contribution < 1.29 is 23.8 Å². The molecule has 0 fully saturated rings. The third-order valence-electron chi connectivity index (χ3n) is 5.89. The van der Waals surface area contributed by atoms with Gasteiger partial charge in [-0.1, -0.05) is 53.1 Å². The maximum atomic E-state index is 13.9. The maximum absolute atomic E-state index is 13.9. The van der Waals surface area contributed by atoms with Crippen LogP contribution in [0.2, 0.25) is 5.02 Å². The van der Waals surface area contributed by atoms with E-state index in [-0.39, 0.29) is 50.8 Å². The van der Waals surface area contributed by atoms with Crippen LogP contribution in [0.15, 0.2) is 28.2 Å². The average molecular weight is 525 g/mol. The number of hydrogen-bond donors (Lipinski definition) is 3. The first kappa shape index (κ1) is 27.2. The van der Waals surface area contributed by atoms with E-state index in [0.29, 0.717) is 13.0 Å². The predicted octanol–water partition coefficient (Wildman–Crippen LogP) is 4.62. The van der Waals surface area contributed by atoms with Gasteiger partial charge in [0.1, 0.15) is 11.3 Å². The Morgan fingerprint density at radius 1 is 1.29 bits per heavy atom. The molecule has 9 nitrogen and oxygen atoms in total. The lowest BCUT2D eigenvalue weighted by molar-refractivity contribution is -0.128. The highest BCUT2D eigenvalue weighted by Gasteiger charge is 2.49.